The Hall–Kier alpha value is -0.770. The van der Waals surface area contributed by atoms with E-state index in [0.717, 1.165) is 25.6 Å². The van der Waals surface area contributed by atoms with Crippen molar-refractivity contribution in [1.29, 1.82) is 0 Å². The average Bonchev–Trinajstić information content (AvgIpc) is 2.73. The van der Waals surface area contributed by atoms with Crippen molar-refractivity contribution in [2.45, 2.75) is 31.3 Å². The molecule has 0 spiro atoms. The number of nitrogens with zero attached hydrogens (tertiary/aromatic N) is 1. The first-order chi connectivity index (χ1) is 5.75. The van der Waals surface area contributed by atoms with Gasteiger partial charge in [-0.05, 0) is 19.3 Å². The maximum Gasteiger partial charge on any atom is 0.404 e. The Kier molecular flexibility index (Phi) is 1.92. The molecule has 4 nitrogen and oxygen atoms in total. The molecule has 1 saturated carbocycles. The van der Waals surface area contributed by atoms with Gasteiger partial charge in [0.05, 0.1) is 0 Å². The summed E-state index contributed by atoms with van der Waals surface area (Å²) in [6.07, 6.45) is 2.69. The summed E-state index contributed by atoms with van der Waals surface area (Å²) in [5, 5.41) is 11.0. The number of hydrogen-bond acceptors (Lipinski definition) is 2. The second-order valence-electron chi connectivity index (χ2n) is 3.66. The van der Waals surface area contributed by atoms with Crippen LogP contribution in [0.15, 0.2) is 0 Å². The molecule has 1 aliphatic heterocycles. The molecule has 2 fully saturated rings. The standard InChI is InChI=1S/C8H14N2O2/c11-8(12)9-6-3-4-10(5-6)7-1-2-7/h6-7,9H,1-5H2,(H,11,12). The molecule has 12 heavy (non-hydrogen) atoms. The molecule has 1 aliphatic carbocycles. The molecule has 2 N–H and O–H groups in total. The molecule has 0 aromatic carbocycles. The minimum atomic E-state index is -0.891. The third kappa shape index (κ3) is 1.69. The Morgan fingerprint density at radius 1 is 1.42 bits per heavy atom. The summed E-state index contributed by atoms with van der Waals surface area (Å²) in [6.45, 7) is 1.98. The van der Waals surface area contributed by atoms with Gasteiger partial charge < -0.3 is 10.4 Å². The molecule has 1 unspecified atom stereocenters. The highest BCUT2D eigenvalue weighted by molar-refractivity contribution is 5.64. The Morgan fingerprint density at radius 3 is 2.75 bits per heavy atom. The van der Waals surface area contributed by atoms with E-state index in [1.807, 2.05) is 0 Å². The highest BCUT2D eigenvalue weighted by Crippen LogP contribution is 2.29. The lowest BCUT2D eigenvalue weighted by Gasteiger charge is -2.14. The zero-order valence-electron chi connectivity index (χ0n) is 6.99. The van der Waals surface area contributed by atoms with E-state index in [1.54, 1.807) is 0 Å². The Bertz CT molecular complexity index is 191. The zero-order chi connectivity index (χ0) is 8.55. The molecule has 2 aliphatic rings. The number of carbonyl (C=O) groups is 1. The number of likely N-dealkylation sites (tertiary alicyclic amines) is 1. The second kappa shape index (κ2) is 2.94. The van der Waals surface area contributed by atoms with Crippen molar-refractivity contribution in [3.05, 3.63) is 0 Å². The smallest absolute Gasteiger partial charge is 0.404 e. The van der Waals surface area contributed by atoms with Gasteiger partial charge in [0.2, 0.25) is 0 Å². The minimum Gasteiger partial charge on any atom is -0.465 e. The lowest BCUT2D eigenvalue weighted by atomic mass is 10.3. The summed E-state index contributed by atoms with van der Waals surface area (Å²) >= 11 is 0. The fraction of sp³-hybridized carbons (Fsp3) is 0.875. The predicted molar refractivity (Wildman–Crippen MR) is 44.2 cm³/mol. The van der Waals surface area contributed by atoms with Gasteiger partial charge in [0.25, 0.3) is 0 Å². The van der Waals surface area contributed by atoms with Crippen LogP contribution >= 0.6 is 0 Å². The van der Waals surface area contributed by atoms with E-state index in [9.17, 15) is 4.79 Å². The van der Waals surface area contributed by atoms with Crippen LogP contribution in [-0.4, -0.2) is 41.3 Å². The number of amides is 1. The van der Waals surface area contributed by atoms with Crippen LogP contribution in [0.3, 0.4) is 0 Å². The van der Waals surface area contributed by atoms with Crippen LogP contribution in [-0.2, 0) is 0 Å². The van der Waals surface area contributed by atoms with Crippen LogP contribution in [0.4, 0.5) is 4.79 Å². The van der Waals surface area contributed by atoms with Crippen molar-refractivity contribution in [1.82, 2.24) is 10.2 Å². The topological polar surface area (TPSA) is 52.6 Å². The maximum atomic E-state index is 10.3. The number of nitrogens with one attached hydrogen (secondary N) is 1. The monoisotopic (exact) mass is 170 g/mol. The molecular formula is C8H14N2O2. The van der Waals surface area contributed by atoms with E-state index in [4.69, 9.17) is 5.11 Å². The normalized spacial score (nSPS) is 30.5. The van der Waals surface area contributed by atoms with E-state index in [1.165, 1.54) is 12.8 Å². The van der Waals surface area contributed by atoms with Gasteiger partial charge in [0.15, 0.2) is 0 Å². The van der Waals surface area contributed by atoms with Gasteiger partial charge in [-0.15, -0.1) is 0 Å². The van der Waals surface area contributed by atoms with E-state index < -0.39 is 6.09 Å². The first-order valence-electron chi connectivity index (χ1n) is 4.49. The Balaban J connectivity index is 1.77. The summed E-state index contributed by atoms with van der Waals surface area (Å²) < 4.78 is 0. The molecular weight excluding hydrogens is 156 g/mol. The highest BCUT2D eigenvalue weighted by atomic mass is 16.4. The first kappa shape index (κ1) is 7.86. The molecule has 1 saturated heterocycles. The number of rotatable bonds is 2. The van der Waals surface area contributed by atoms with Crippen LogP contribution in [0.1, 0.15) is 19.3 Å². The molecule has 4 heteroatoms. The predicted octanol–water partition coefficient (Wildman–Crippen LogP) is 0.491. The van der Waals surface area contributed by atoms with Crippen molar-refractivity contribution in [3.8, 4) is 0 Å². The van der Waals surface area contributed by atoms with Crippen molar-refractivity contribution in [2.75, 3.05) is 13.1 Å². The largest absolute Gasteiger partial charge is 0.465 e. The molecule has 0 aromatic rings. The molecule has 0 aromatic heterocycles. The van der Waals surface area contributed by atoms with Crippen LogP contribution in [0, 0.1) is 0 Å². The fourth-order valence-corrected chi connectivity index (χ4v) is 1.85. The summed E-state index contributed by atoms with van der Waals surface area (Å²) in [5.41, 5.74) is 0. The van der Waals surface area contributed by atoms with Gasteiger partial charge in [-0.2, -0.15) is 0 Å². The van der Waals surface area contributed by atoms with E-state index in [2.05, 4.69) is 10.2 Å². The van der Waals surface area contributed by atoms with Gasteiger partial charge >= 0.3 is 6.09 Å². The quantitative estimate of drug-likeness (QED) is 0.634. The SMILES string of the molecule is O=C(O)NC1CCN(C2CC2)C1. The van der Waals surface area contributed by atoms with Crippen LogP contribution in [0.5, 0.6) is 0 Å². The summed E-state index contributed by atoms with van der Waals surface area (Å²) in [7, 11) is 0. The molecule has 1 amide bonds. The van der Waals surface area contributed by atoms with Gasteiger partial charge in [0.1, 0.15) is 0 Å². The van der Waals surface area contributed by atoms with Gasteiger partial charge in [-0.3, -0.25) is 4.90 Å². The summed E-state index contributed by atoms with van der Waals surface area (Å²) in [6, 6.07) is 0.939. The van der Waals surface area contributed by atoms with Crippen molar-refractivity contribution in [3.63, 3.8) is 0 Å². The van der Waals surface area contributed by atoms with Crippen LogP contribution in [0.2, 0.25) is 0 Å². The Labute approximate surface area is 71.5 Å². The number of carboxylic acid groups (broad SMARTS) is 1. The number of hydrogen-bond donors (Lipinski definition) is 2. The molecule has 1 atom stereocenters. The molecule has 1 heterocycles. The molecule has 68 valence electrons. The maximum absolute atomic E-state index is 10.3. The third-order valence-corrected chi connectivity index (χ3v) is 2.61. The van der Waals surface area contributed by atoms with Gasteiger partial charge in [-0.25, -0.2) is 4.79 Å². The fourth-order valence-electron chi connectivity index (χ4n) is 1.85. The first-order valence-corrected chi connectivity index (χ1v) is 4.49. The van der Waals surface area contributed by atoms with E-state index in [0.29, 0.717) is 0 Å². The van der Waals surface area contributed by atoms with Gasteiger partial charge in [0, 0.05) is 25.2 Å². The van der Waals surface area contributed by atoms with E-state index >= 15 is 0 Å². The average molecular weight is 170 g/mol. The third-order valence-electron chi connectivity index (χ3n) is 2.61. The van der Waals surface area contributed by atoms with Crippen LogP contribution < -0.4 is 5.32 Å². The second-order valence-corrected chi connectivity index (χ2v) is 3.66. The van der Waals surface area contributed by atoms with Crippen molar-refractivity contribution >= 4 is 6.09 Å². The van der Waals surface area contributed by atoms with Crippen LogP contribution in [0.25, 0.3) is 0 Å². The van der Waals surface area contributed by atoms with Crippen molar-refractivity contribution < 1.29 is 9.90 Å². The minimum absolute atomic E-state index is 0.170. The lowest BCUT2D eigenvalue weighted by molar-refractivity contribution is 0.189. The van der Waals surface area contributed by atoms with E-state index in [-0.39, 0.29) is 6.04 Å². The van der Waals surface area contributed by atoms with Gasteiger partial charge in [-0.1, -0.05) is 0 Å². The Morgan fingerprint density at radius 2 is 2.17 bits per heavy atom. The molecule has 0 bridgehead atoms. The highest BCUT2D eigenvalue weighted by Gasteiger charge is 2.34. The summed E-state index contributed by atoms with van der Waals surface area (Å²) in [5.74, 6) is 0. The lowest BCUT2D eigenvalue weighted by Crippen LogP contribution is -2.36. The molecule has 0 radical (unpaired) electrons. The zero-order valence-corrected chi connectivity index (χ0v) is 6.99. The molecule has 2 rings (SSSR count). The summed E-state index contributed by atoms with van der Waals surface area (Å²) in [4.78, 5) is 12.7. The van der Waals surface area contributed by atoms with Crippen molar-refractivity contribution in [2.24, 2.45) is 0 Å².